The second kappa shape index (κ2) is 6.62. The van der Waals surface area contributed by atoms with E-state index in [0.29, 0.717) is 12.8 Å². The molecule has 0 bridgehead atoms. The SMILES string of the molecule is COC(=O)[C@@H](C[C@H](C)C(=O)OC)CC(C)(C)C. The van der Waals surface area contributed by atoms with E-state index in [1.807, 2.05) is 0 Å². The Kier molecular flexibility index (Phi) is 6.21. The molecule has 0 aromatic carbocycles. The smallest absolute Gasteiger partial charge is 0.308 e. The summed E-state index contributed by atoms with van der Waals surface area (Å²) in [6.45, 7) is 7.95. The fourth-order valence-electron chi connectivity index (χ4n) is 1.89. The Labute approximate surface area is 104 Å². The average molecular weight is 244 g/mol. The Morgan fingerprint density at radius 2 is 1.53 bits per heavy atom. The lowest BCUT2D eigenvalue weighted by molar-refractivity contribution is -0.150. The highest BCUT2D eigenvalue weighted by Gasteiger charge is 2.29. The first-order valence-corrected chi connectivity index (χ1v) is 5.87. The van der Waals surface area contributed by atoms with Crippen molar-refractivity contribution in [2.45, 2.75) is 40.5 Å². The molecule has 4 heteroatoms. The number of carbonyl (C=O) groups excluding carboxylic acids is 2. The van der Waals surface area contributed by atoms with E-state index < -0.39 is 0 Å². The molecule has 0 rings (SSSR count). The largest absolute Gasteiger partial charge is 0.469 e. The molecule has 0 radical (unpaired) electrons. The van der Waals surface area contributed by atoms with Crippen molar-refractivity contribution in [2.75, 3.05) is 14.2 Å². The number of hydrogen-bond acceptors (Lipinski definition) is 4. The van der Waals surface area contributed by atoms with Crippen LogP contribution in [-0.4, -0.2) is 26.2 Å². The van der Waals surface area contributed by atoms with Crippen molar-refractivity contribution in [3.8, 4) is 0 Å². The summed E-state index contributed by atoms with van der Waals surface area (Å²) >= 11 is 0. The van der Waals surface area contributed by atoms with Crippen LogP contribution in [0.1, 0.15) is 40.5 Å². The molecule has 0 aliphatic heterocycles. The maximum absolute atomic E-state index is 11.7. The van der Waals surface area contributed by atoms with Crippen LogP contribution in [0.25, 0.3) is 0 Å². The van der Waals surface area contributed by atoms with Crippen LogP contribution in [0, 0.1) is 17.3 Å². The number of esters is 2. The van der Waals surface area contributed by atoms with Gasteiger partial charge in [-0.15, -0.1) is 0 Å². The van der Waals surface area contributed by atoms with Gasteiger partial charge in [-0.1, -0.05) is 27.7 Å². The summed E-state index contributed by atoms with van der Waals surface area (Å²) in [4.78, 5) is 23.0. The van der Waals surface area contributed by atoms with E-state index in [4.69, 9.17) is 4.74 Å². The molecule has 0 aromatic rings. The van der Waals surface area contributed by atoms with Crippen LogP contribution in [0.2, 0.25) is 0 Å². The van der Waals surface area contributed by atoms with Crippen molar-refractivity contribution in [3.05, 3.63) is 0 Å². The summed E-state index contributed by atoms with van der Waals surface area (Å²) in [7, 11) is 2.73. The van der Waals surface area contributed by atoms with Crippen LogP contribution < -0.4 is 0 Å². The first-order valence-electron chi connectivity index (χ1n) is 5.87. The molecule has 0 aliphatic carbocycles. The zero-order valence-corrected chi connectivity index (χ0v) is 11.7. The lowest BCUT2D eigenvalue weighted by Crippen LogP contribution is -2.26. The zero-order valence-electron chi connectivity index (χ0n) is 11.7. The molecule has 0 saturated heterocycles. The minimum atomic E-state index is -0.286. The quantitative estimate of drug-likeness (QED) is 0.697. The molecule has 100 valence electrons. The second-order valence-corrected chi connectivity index (χ2v) is 5.64. The van der Waals surface area contributed by atoms with Gasteiger partial charge in [-0.2, -0.15) is 0 Å². The minimum Gasteiger partial charge on any atom is -0.469 e. The number of rotatable bonds is 5. The van der Waals surface area contributed by atoms with Crippen molar-refractivity contribution in [3.63, 3.8) is 0 Å². The second-order valence-electron chi connectivity index (χ2n) is 5.64. The van der Waals surface area contributed by atoms with E-state index in [-0.39, 0.29) is 29.2 Å². The predicted octanol–water partition coefficient (Wildman–Crippen LogP) is 2.41. The minimum absolute atomic E-state index is 0.0225. The van der Waals surface area contributed by atoms with E-state index in [1.54, 1.807) is 6.92 Å². The summed E-state index contributed by atoms with van der Waals surface area (Å²) < 4.78 is 9.45. The summed E-state index contributed by atoms with van der Waals surface area (Å²) in [5.74, 6) is -1.08. The normalized spacial score (nSPS) is 14.9. The Morgan fingerprint density at radius 3 is 1.88 bits per heavy atom. The monoisotopic (exact) mass is 244 g/mol. The maximum Gasteiger partial charge on any atom is 0.308 e. The van der Waals surface area contributed by atoms with E-state index in [9.17, 15) is 9.59 Å². The molecular formula is C13H24O4. The molecule has 0 unspecified atom stereocenters. The third-order valence-corrected chi connectivity index (χ3v) is 2.63. The number of hydrogen-bond donors (Lipinski definition) is 0. The van der Waals surface area contributed by atoms with Gasteiger partial charge in [0.15, 0.2) is 0 Å². The molecule has 4 nitrogen and oxygen atoms in total. The van der Waals surface area contributed by atoms with E-state index >= 15 is 0 Å². The van der Waals surface area contributed by atoms with Gasteiger partial charge in [0.25, 0.3) is 0 Å². The highest BCUT2D eigenvalue weighted by Crippen LogP contribution is 2.29. The molecule has 0 heterocycles. The van der Waals surface area contributed by atoms with Crippen LogP contribution in [-0.2, 0) is 19.1 Å². The molecular weight excluding hydrogens is 220 g/mol. The molecule has 0 aromatic heterocycles. The molecule has 0 spiro atoms. The van der Waals surface area contributed by atoms with Crippen LogP contribution >= 0.6 is 0 Å². The third-order valence-electron chi connectivity index (χ3n) is 2.63. The summed E-state index contributed by atoms with van der Waals surface area (Å²) in [6.07, 6.45) is 1.16. The molecule has 0 saturated carbocycles. The summed E-state index contributed by atoms with van der Waals surface area (Å²) in [5, 5.41) is 0. The van der Waals surface area contributed by atoms with Crippen molar-refractivity contribution >= 4 is 11.9 Å². The highest BCUT2D eigenvalue weighted by atomic mass is 16.5. The van der Waals surface area contributed by atoms with Gasteiger partial charge in [0.1, 0.15) is 0 Å². The van der Waals surface area contributed by atoms with Gasteiger partial charge in [0.2, 0.25) is 0 Å². The number of methoxy groups -OCH3 is 2. The van der Waals surface area contributed by atoms with Gasteiger partial charge in [0, 0.05) is 0 Å². The van der Waals surface area contributed by atoms with Crippen molar-refractivity contribution in [1.82, 2.24) is 0 Å². The van der Waals surface area contributed by atoms with Gasteiger partial charge >= 0.3 is 11.9 Å². The van der Waals surface area contributed by atoms with Crippen LogP contribution in [0.15, 0.2) is 0 Å². The fourth-order valence-corrected chi connectivity index (χ4v) is 1.89. The lowest BCUT2D eigenvalue weighted by atomic mass is 9.81. The fraction of sp³-hybridized carbons (Fsp3) is 0.846. The van der Waals surface area contributed by atoms with Gasteiger partial charge < -0.3 is 9.47 Å². The number of carbonyl (C=O) groups is 2. The maximum atomic E-state index is 11.7. The predicted molar refractivity (Wildman–Crippen MR) is 65.4 cm³/mol. The van der Waals surface area contributed by atoms with Gasteiger partial charge in [-0.3, -0.25) is 9.59 Å². The molecule has 0 amide bonds. The molecule has 2 atom stereocenters. The molecule has 0 fully saturated rings. The van der Waals surface area contributed by atoms with Gasteiger partial charge in [-0.05, 0) is 18.3 Å². The van der Waals surface area contributed by atoms with Crippen LogP contribution in [0.3, 0.4) is 0 Å². The topological polar surface area (TPSA) is 52.6 Å². The highest BCUT2D eigenvalue weighted by molar-refractivity contribution is 5.75. The van der Waals surface area contributed by atoms with Crippen molar-refractivity contribution in [1.29, 1.82) is 0 Å². The van der Waals surface area contributed by atoms with Crippen molar-refractivity contribution < 1.29 is 19.1 Å². The molecule has 17 heavy (non-hydrogen) atoms. The Morgan fingerprint density at radius 1 is 1.06 bits per heavy atom. The summed E-state index contributed by atoms with van der Waals surface area (Å²) in [5.41, 5.74) is 0.0225. The van der Waals surface area contributed by atoms with E-state index in [1.165, 1.54) is 14.2 Å². The number of ether oxygens (including phenoxy) is 2. The van der Waals surface area contributed by atoms with Gasteiger partial charge in [-0.25, -0.2) is 0 Å². The van der Waals surface area contributed by atoms with Crippen LogP contribution in [0.5, 0.6) is 0 Å². The summed E-state index contributed by atoms with van der Waals surface area (Å²) in [6, 6.07) is 0. The van der Waals surface area contributed by atoms with Crippen molar-refractivity contribution in [2.24, 2.45) is 17.3 Å². The lowest BCUT2D eigenvalue weighted by Gasteiger charge is -2.25. The first-order chi connectivity index (χ1) is 7.71. The average Bonchev–Trinajstić information content (AvgIpc) is 2.23. The molecule has 0 N–H and O–H groups in total. The molecule has 0 aliphatic rings. The zero-order chi connectivity index (χ0) is 13.6. The first kappa shape index (κ1) is 15.9. The van der Waals surface area contributed by atoms with Crippen LogP contribution in [0.4, 0.5) is 0 Å². The van der Waals surface area contributed by atoms with E-state index in [0.717, 1.165) is 0 Å². The van der Waals surface area contributed by atoms with Gasteiger partial charge in [0.05, 0.1) is 26.1 Å². The Hall–Kier alpha value is -1.06. The third kappa shape index (κ3) is 6.29. The van der Waals surface area contributed by atoms with E-state index in [2.05, 4.69) is 25.5 Å². The Bertz CT molecular complexity index is 265. The standard InChI is InChI=1S/C13H24O4/c1-9(11(14)16-5)7-10(12(15)17-6)8-13(2,3)4/h9-10H,7-8H2,1-6H3/t9-,10-/m0/s1. The Balaban J connectivity index is 4.60.